The first-order valence-electron chi connectivity index (χ1n) is 3.63. The first kappa shape index (κ1) is 9.00. The van der Waals surface area contributed by atoms with Crippen molar-refractivity contribution in [2.24, 2.45) is 0 Å². The van der Waals surface area contributed by atoms with Crippen LogP contribution >= 0.6 is 34.5 Å². The van der Waals surface area contributed by atoms with Crippen molar-refractivity contribution < 1.29 is 0 Å². The second-order valence-corrected chi connectivity index (χ2v) is 4.16. The summed E-state index contributed by atoms with van der Waals surface area (Å²) in [5.41, 5.74) is 1.04. The molecule has 4 heteroatoms. The molecule has 0 aliphatic heterocycles. The molecule has 0 bridgehead atoms. The molecule has 0 aliphatic carbocycles. The minimum Gasteiger partial charge on any atom is -0.224 e. The van der Waals surface area contributed by atoms with Gasteiger partial charge in [-0.25, -0.2) is 4.98 Å². The van der Waals surface area contributed by atoms with Gasteiger partial charge in [-0.3, -0.25) is 0 Å². The summed E-state index contributed by atoms with van der Waals surface area (Å²) >= 11 is 13.0. The van der Waals surface area contributed by atoms with Gasteiger partial charge in [0.15, 0.2) is 0 Å². The van der Waals surface area contributed by atoms with Crippen LogP contribution in [0.4, 0.5) is 0 Å². The van der Waals surface area contributed by atoms with E-state index in [0.29, 0.717) is 5.15 Å². The summed E-state index contributed by atoms with van der Waals surface area (Å²) in [4.78, 5) is 4.15. The SMILES string of the molecule is Clc1ccc(-c2nc(Cl)cs2)cc1. The van der Waals surface area contributed by atoms with Gasteiger partial charge in [-0.2, -0.15) is 0 Å². The lowest BCUT2D eigenvalue weighted by molar-refractivity contribution is 1.41. The normalized spacial score (nSPS) is 10.3. The summed E-state index contributed by atoms with van der Waals surface area (Å²) in [5, 5.41) is 3.99. The van der Waals surface area contributed by atoms with Gasteiger partial charge in [0.05, 0.1) is 0 Å². The van der Waals surface area contributed by atoms with Crippen LogP contribution in [0.1, 0.15) is 0 Å². The van der Waals surface area contributed by atoms with Crippen molar-refractivity contribution in [1.82, 2.24) is 4.98 Å². The molecule has 0 spiro atoms. The molecule has 2 rings (SSSR count). The monoisotopic (exact) mass is 229 g/mol. The Hall–Kier alpha value is -0.570. The molecule has 2 aromatic rings. The summed E-state index contributed by atoms with van der Waals surface area (Å²) in [6.07, 6.45) is 0. The zero-order valence-corrected chi connectivity index (χ0v) is 8.83. The Morgan fingerprint density at radius 3 is 2.31 bits per heavy atom. The van der Waals surface area contributed by atoms with Crippen molar-refractivity contribution in [2.75, 3.05) is 0 Å². The Morgan fingerprint density at radius 2 is 1.77 bits per heavy atom. The fourth-order valence-electron chi connectivity index (χ4n) is 0.979. The van der Waals surface area contributed by atoms with Gasteiger partial charge in [0.2, 0.25) is 0 Å². The van der Waals surface area contributed by atoms with Crippen LogP contribution in [0.25, 0.3) is 10.6 Å². The van der Waals surface area contributed by atoms with Gasteiger partial charge in [-0.05, 0) is 12.1 Å². The lowest BCUT2D eigenvalue weighted by Gasteiger charge is -1.94. The largest absolute Gasteiger partial charge is 0.224 e. The predicted molar refractivity (Wildman–Crippen MR) is 57.6 cm³/mol. The number of thiazole rings is 1. The molecule has 0 saturated carbocycles. The number of aromatic nitrogens is 1. The van der Waals surface area contributed by atoms with Crippen LogP contribution in [0.15, 0.2) is 29.6 Å². The highest BCUT2D eigenvalue weighted by Gasteiger charge is 2.02. The molecule has 1 nitrogen and oxygen atoms in total. The second kappa shape index (κ2) is 3.66. The van der Waals surface area contributed by atoms with E-state index in [1.54, 1.807) is 0 Å². The molecule has 0 radical (unpaired) electrons. The maximum Gasteiger partial charge on any atom is 0.140 e. The van der Waals surface area contributed by atoms with Crippen molar-refractivity contribution >= 4 is 34.5 Å². The number of nitrogens with zero attached hydrogens (tertiary/aromatic N) is 1. The van der Waals surface area contributed by atoms with Crippen LogP contribution in [0.5, 0.6) is 0 Å². The average Bonchev–Trinajstić information content (AvgIpc) is 2.53. The highest BCUT2D eigenvalue weighted by molar-refractivity contribution is 7.13. The van der Waals surface area contributed by atoms with Gasteiger partial charge < -0.3 is 0 Å². The zero-order chi connectivity index (χ0) is 9.26. The Balaban J connectivity index is 2.41. The highest BCUT2D eigenvalue weighted by atomic mass is 35.5. The molecule has 1 heterocycles. The first-order chi connectivity index (χ1) is 6.25. The Morgan fingerprint density at radius 1 is 1.08 bits per heavy atom. The van der Waals surface area contributed by atoms with Crippen molar-refractivity contribution in [3.63, 3.8) is 0 Å². The van der Waals surface area contributed by atoms with E-state index in [4.69, 9.17) is 23.2 Å². The van der Waals surface area contributed by atoms with E-state index in [9.17, 15) is 0 Å². The summed E-state index contributed by atoms with van der Waals surface area (Å²) in [6.45, 7) is 0. The smallest absolute Gasteiger partial charge is 0.140 e. The third-order valence-corrected chi connectivity index (χ3v) is 3.03. The summed E-state index contributed by atoms with van der Waals surface area (Å²) in [7, 11) is 0. The number of halogens is 2. The van der Waals surface area contributed by atoms with E-state index in [1.165, 1.54) is 11.3 Å². The van der Waals surface area contributed by atoms with E-state index in [0.717, 1.165) is 15.6 Å². The van der Waals surface area contributed by atoms with E-state index in [2.05, 4.69) is 4.98 Å². The van der Waals surface area contributed by atoms with E-state index in [1.807, 2.05) is 29.6 Å². The van der Waals surface area contributed by atoms with E-state index in [-0.39, 0.29) is 0 Å². The Kier molecular flexibility index (Phi) is 2.54. The lowest BCUT2D eigenvalue weighted by atomic mass is 10.2. The zero-order valence-electron chi connectivity index (χ0n) is 6.50. The van der Waals surface area contributed by atoms with Crippen LogP contribution in [0.2, 0.25) is 10.2 Å². The standard InChI is InChI=1S/C9H5Cl2NS/c10-7-3-1-6(2-4-7)9-12-8(11)5-13-9/h1-5H. The number of rotatable bonds is 1. The topological polar surface area (TPSA) is 12.9 Å². The lowest BCUT2D eigenvalue weighted by Crippen LogP contribution is -1.74. The molecule has 0 unspecified atom stereocenters. The fraction of sp³-hybridized carbons (Fsp3) is 0. The van der Waals surface area contributed by atoms with Crippen LogP contribution < -0.4 is 0 Å². The molecule has 0 fully saturated rings. The van der Waals surface area contributed by atoms with Crippen LogP contribution in [-0.4, -0.2) is 4.98 Å². The minimum absolute atomic E-state index is 0.537. The van der Waals surface area contributed by atoms with Crippen molar-refractivity contribution in [2.45, 2.75) is 0 Å². The molecule has 0 N–H and O–H groups in total. The molecule has 0 atom stereocenters. The van der Waals surface area contributed by atoms with Crippen molar-refractivity contribution in [3.8, 4) is 10.6 Å². The maximum absolute atomic E-state index is 5.76. The van der Waals surface area contributed by atoms with Gasteiger partial charge >= 0.3 is 0 Å². The van der Waals surface area contributed by atoms with E-state index >= 15 is 0 Å². The van der Waals surface area contributed by atoms with Crippen LogP contribution in [0.3, 0.4) is 0 Å². The first-order valence-corrected chi connectivity index (χ1v) is 5.26. The molecule has 1 aromatic carbocycles. The summed E-state index contributed by atoms with van der Waals surface area (Å²) in [5.74, 6) is 0. The second-order valence-electron chi connectivity index (χ2n) is 2.48. The van der Waals surface area contributed by atoms with Crippen LogP contribution in [0, 0.1) is 0 Å². The summed E-state index contributed by atoms with van der Waals surface area (Å²) < 4.78 is 0. The van der Waals surface area contributed by atoms with Gasteiger partial charge in [0.25, 0.3) is 0 Å². The third-order valence-electron chi connectivity index (χ3n) is 1.57. The van der Waals surface area contributed by atoms with Gasteiger partial charge in [-0.15, -0.1) is 11.3 Å². The molecular formula is C9H5Cl2NS. The average molecular weight is 230 g/mol. The number of benzene rings is 1. The number of hydrogen-bond donors (Lipinski definition) is 0. The Labute approximate surface area is 90.0 Å². The fourth-order valence-corrected chi connectivity index (χ4v) is 2.06. The van der Waals surface area contributed by atoms with Gasteiger partial charge in [0.1, 0.15) is 10.2 Å². The predicted octanol–water partition coefficient (Wildman–Crippen LogP) is 4.12. The Bertz CT molecular complexity index is 408. The summed E-state index contributed by atoms with van der Waals surface area (Å²) in [6, 6.07) is 7.54. The molecule has 66 valence electrons. The highest BCUT2D eigenvalue weighted by Crippen LogP contribution is 2.26. The van der Waals surface area contributed by atoms with E-state index < -0.39 is 0 Å². The maximum atomic E-state index is 5.76. The molecule has 1 aromatic heterocycles. The molecular weight excluding hydrogens is 225 g/mol. The molecule has 0 aliphatic rings. The number of hydrogen-bond acceptors (Lipinski definition) is 2. The third kappa shape index (κ3) is 2.02. The minimum atomic E-state index is 0.537. The van der Waals surface area contributed by atoms with Crippen molar-refractivity contribution in [1.29, 1.82) is 0 Å². The van der Waals surface area contributed by atoms with Gasteiger partial charge in [0, 0.05) is 16.0 Å². The quantitative estimate of drug-likeness (QED) is 0.718. The molecule has 0 saturated heterocycles. The van der Waals surface area contributed by atoms with Gasteiger partial charge in [-0.1, -0.05) is 35.3 Å². The molecule has 13 heavy (non-hydrogen) atoms. The molecule has 0 amide bonds. The van der Waals surface area contributed by atoms with Crippen molar-refractivity contribution in [3.05, 3.63) is 39.8 Å². The van der Waals surface area contributed by atoms with Crippen LogP contribution in [-0.2, 0) is 0 Å².